The largest absolute Gasteiger partial charge is 0.387 e. The maximum absolute atomic E-state index is 9.60. The molecule has 4 heteroatoms. The number of ether oxygens (including phenoxy) is 1. The zero-order chi connectivity index (χ0) is 13.2. The molecule has 3 atom stereocenters. The van der Waals surface area contributed by atoms with E-state index in [2.05, 4.69) is 11.9 Å². The quantitative estimate of drug-likeness (QED) is 0.907. The molecule has 1 heterocycles. The zero-order valence-corrected chi connectivity index (χ0v) is 12.3. The molecule has 3 nitrogen and oxygen atoms in total. The van der Waals surface area contributed by atoms with Crippen LogP contribution < -0.4 is 0 Å². The van der Waals surface area contributed by atoms with Gasteiger partial charge in [0.05, 0.1) is 11.8 Å². The molecule has 1 aromatic rings. The number of aromatic nitrogens is 1. The van der Waals surface area contributed by atoms with Crippen LogP contribution in [0.15, 0.2) is 5.38 Å². The molecule has 1 aliphatic rings. The summed E-state index contributed by atoms with van der Waals surface area (Å²) in [6.45, 7) is 6.81. The average Bonchev–Trinajstić information content (AvgIpc) is 2.79. The molecule has 0 aliphatic heterocycles. The molecule has 0 saturated heterocycles. The van der Waals surface area contributed by atoms with E-state index in [9.17, 15) is 5.11 Å². The fourth-order valence-corrected chi connectivity index (χ4v) is 3.95. The van der Waals surface area contributed by atoms with E-state index >= 15 is 0 Å². The molecule has 0 aromatic carbocycles. The lowest BCUT2D eigenvalue weighted by atomic mass is 9.79. The van der Waals surface area contributed by atoms with Crippen molar-refractivity contribution in [2.24, 2.45) is 5.92 Å². The third kappa shape index (κ3) is 2.76. The molecule has 1 N–H and O–H groups in total. The van der Waals surface area contributed by atoms with E-state index in [-0.39, 0.29) is 5.60 Å². The van der Waals surface area contributed by atoms with Gasteiger partial charge >= 0.3 is 0 Å². The van der Waals surface area contributed by atoms with Crippen LogP contribution in [0.2, 0.25) is 0 Å². The lowest BCUT2D eigenvalue weighted by molar-refractivity contribution is -0.0822. The minimum Gasteiger partial charge on any atom is -0.387 e. The lowest BCUT2D eigenvalue weighted by Gasteiger charge is -2.38. The van der Waals surface area contributed by atoms with Gasteiger partial charge in [0.2, 0.25) is 0 Å². The number of thiazole rings is 1. The highest BCUT2D eigenvalue weighted by Gasteiger charge is 2.40. The van der Waals surface area contributed by atoms with Gasteiger partial charge in [-0.1, -0.05) is 13.3 Å². The molecule has 0 bridgehead atoms. The molecule has 0 radical (unpaired) electrons. The van der Waals surface area contributed by atoms with Gasteiger partial charge in [0.15, 0.2) is 0 Å². The Balaban J connectivity index is 2.27. The summed E-state index contributed by atoms with van der Waals surface area (Å²) in [6, 6.07) is 0. The predicted octanol–water partition coefficient (Wildman–Crippen LogP) is 3.64. The molecule has 0 spiro atoms. The van der Waals surface area contributed by atoms with E-state index in [1.54, 1.807) is 18.3 Å². The number of aliphatic hydroxyl groups is 1. The highest BCUT2D eigenvalue weighted by molar-refractivity contribution is 7.09. The van der Waals surface area contributed by atoms with Crippen LogP contribution in [0, 0.1) is 5.92 Å². The van der Waals surface area contributed by atoms with Crippen molar-refractivity contribution in [3.05, 3.63) is 16.1 Å². The fraction of sp³-hybridized carbons (Fsp3) is 0.786. The minimum atomic E-state index is -0.491. The van der Waals surface area contributed by atoms with Crippen LogP contribution in [0.25, 0.3) is 0 Å². The third-order valence-corrected chi connectivity index (χ3v) is 4.76. The lowest BCUT2D eigenvalue weighted by Crippen LogP contribution is -2.35. The number of rotatable bonds is 4. The van der Waals surface area contributed by atoms with Gasteiger partial charge in [0, 0.05) is 12.0 Å². The molecule has 18 heavy (non-hydrogen) atoms. The summed E-state index contributed by atoms with van der Waals surface area (Å²) in [7, 11) is 0. The third-order valence-electron chi connectivity index (χ3n) is 3.72. The summed E-state index contributed by atoms with van der Waals surface area (Å²) in [5.41, 5.74) is 0.567. The second-order valence-electron chi connectivity index (χ2n) is 5.38. The second-order valence-corrected chi connectivity index (χ2v) is 6.24. The van der Waals surface area contributed by atoms with Crippen molar-refractivity contribution in [1.29, 1.82) is 0 Å². The van der Waals surface area contributed by atoms with Crippen LogP contribution >= 0.6 is 11.3 Å². The zero-order valence-electron chi connectivity index (χ0n) is 11.5. The first-order valence-electron chi connectivity index (χ1n) is 6.85. The first-order chi connectivity index (χ1) is 8.57. The minimum absolute atomic E-state index is 0.204. The van der Waals surface area contributed by atoms with Gasteiger partial charge in [-0.25, -0.2) is 4.98 Å². The second kappa shape index (κ2) is 5.68. The van der Waals surface area contributed by atoms with Crippen LogP contribution in [0.5, 0.6) is 0 Å². The normalized spacial score (nSPS) is 30.3. The monoisotopic (exact) mass is 269 g/mol. The fourth-order valence-electron chi connectivity index (χ4n) is 2.85. The summed E-state index contributed by atoms with van der Waals surface area (Å²) in [5, 5.41) is 12.6. The van der Waals surface area contributed by atoms with Crippen LogP contribution in [-0.4, -0.2) is 16.7 Å². The topological polar surface area (TPSA) is 42.4 Å². The summed E-state index contributed by atoms with van der Waals surface area (Å²) in [4.78, 5) is 4.60. The van der Waals surface area contributed by atoms with Crippen molar-refractivity contribution < 1.29 is 9.84 Å². The van der Waals surface area contributed by atoms with Crippen LogP contribution in [0.4, 0.5) is 0 Å². The number of aliphatic hydroxyl groups excluding tert-OH is 1. The first-order valence-corrected chi connectivity index (χ1v) is 7.73. The summed E-state index contributed by atoms with van der Waals surface area (Å²) < 4.78 is 6.09. The Kier molecular flexibility index (Phi) is 4.41. The van der Waals surface area contributed by atoms with Crippen LogP contribution in [0.3, 0.4) is 0 Å². The SMILES string of the molecule is CCOC1(c2nc(C(C)O)cs2)CCCC(C)C1. The van der Waals surface area contributed by atoms with Gasteiger partial charge in [-0.05, 0) is 39.0 Å². The van der Waals surface area contributed by atoms with Gasteiger partial charge in [0.25, 0.3) is 0 Å². The van der Waals surface area contributed by atoms with Crippen LogP contribution in [0.1, 0.15) is 63.3 Å². The smallest absolute Gasteiger partial charge is 0.125 e. The first kappa shape index (κ1) is 14.0. The molecule has 2 rings (SSSR count). The van der Waals surface area contributed by atoms with Gasteiger partial charge in [-0.15, -0.1) is 11.3 Å². The van der Waals surface area contributed by atoms with Crippen molar-refractivity contribution in [2.75, 3.05) is 6.61 Å². The summed E-state index contributed by atoms with van der Waals surface area (Å²) >= 11 is 1.63. The molecule has 3 unspecified atom stereocenters. The van der Waals surface area contributed by atoms with E-state index in [4.69, 9.17) is 4.74 Å². The van der Waals surface area contributed by atoms with Crippen molar-refractivity contribution in [3.8, 4) is 0 Å². The van der Waals surface area contributed by atoms with E-state index < -0.39 is 6.10 Å². The van der Waals surface area contributed by atoms with Crippen molar-refractivity contribution in [2.45, 2.75) is 58.2 Å². The molecule has 1 saturated carbocycles. The molecular weight excluding hydrogens is 246 g/mol. The predicted molar refractivity (Wildman–Crippen MR) is 73.7 cm³/mol. The Morgan fingerprint density at radius 2 is 2.44 bits per heavy atom. The van der Waals surface area contributed by atoms with E-state index in [1.807, 2.05) is 12.3 Å². The summed E-state index contributed by atoms with van der Waals surface area (Å²) in [6.07, 6.45) is 4.09. The van der Waals surface area contributed by atoms with Gasteiger partial charge < -0.3 is 9.84 Å². The molecular formula is C14H23NO2S. The maximum atomic E-state index is 9.60. The molecule has 1 aromatic heterocycles. The van der Waals surface area contributed by atoms with Crippen molar-refractivity contribution in [1.82, 2.24) is 4.98 Å². The Labute approximate surface area is 113 Å². The molecule has 1 aliphatic carbocycles. The number of hydrogen-bond acceptors (Lipinski definition) is 4. The maximum Gasteiger partial charge on any atom is 0.125 e. The standard InChI is InChI=1S/C14H23NO2S/c1-4-17-14(7-5-6-10(2)8-14)13-15-12(9-18-13)11(3)16/h9-11,16H,4-8H2,1-3H3. The molecule has 1 fully saturated rings. The van der Waals surface area contributed by atoms with Gasteiger partial charge in [0.1, 0.15) is 10.6 Å². The van der Waals surface area contributed by atoms with Gasteiger partial charge in [-0.2, -0.15) is 0 Å². The Bertz CT molecular complexity index is 387. The van der Waals surface area contributed by atoms with E-state index in [0.717, 1.165) is 30.2 Å². The highest BCUT2D eigenvalue weighted by Crippen LogP contribution is 2.44. The van der Waals surface area contributed by atoms with E-state index in [0.29, 0.717) is 5.92 Å². The molecule has 102 valence electrons. The van der Waals surface area contributed by atoms with Crippen molar-refractivity contribution in [3.63, 3.8) is 0 Å². The summed E-state index contributed by atoms with van der Waals surface area (Å²) in [5.74, 6) is 0.684. The average molecular weight is 269 g/mol. The Hall–Kier alpha value is -0.450. The van der Waals surface area contributed by atoms with Crippen molar-refractivity contribution >= 4 is 11.3 Å². The highest BCUT2D eigenvalue weighted by atomic mass is 32.1. The van der Waals surface area contributed by atoms with Gasteiger partial charge in [-0.3, -0.25) is 0 Å². The number of nitrogens with zero attached hydrogens (tertiary/aromatic N) is 1. The van der Waals surface area contributed by atoms with Crippen LogP contribution in [-0.2, 0) is 10.3 Å². The molecule has 0 amide bonds. The van der Waals surface area contributed by atoms with E-state index in [1.165, 1.54) is 12.8 Å². The number of hydrogen-bond donors (Lipinski definition) is 1. The Morgan fingerprint density at radius 3 is 3.00 bits per heavy atom. The Morgan fingerprint density at radius 1 is 1.67 bits per heavy atom.